The lowest BCUT2D eigenvalue weighted by Crippen LogP contribution is -2.33. The number of anilines is 2. The smallest absolute Gasteiger partial charge is 0.133 e. The van der Waals surface area contributed by atoms with Gasteiger partial charge in [0, 0.05) is 28.9 Å². The zero-order chi connectivity index (χ0) is 34.8. The molecule has 4 nitrogen and oxygen atoms in total. The van der Waals surface area contributed by atoms with Crippen LogP contribution in [0.15, 0.2) is 72.8 Å². The molecule has 0 bridgehead atoms. The summed E-state index contributed by atoms with van der Waals surface area (Å²) in [4.78, 5) is 0. The molecule has 49 heavy (non-hydrogen) atoms. The molecule has 0 unspecified atom stereocenters. The molecule has 4 aromatic rings. The Bertz CT molecular complexity index is 1520. The Kier molecular flexibility index (Phi) is 12.7. The molecule has 1 aliphatic rings. The lowest BCUT2D eigenvalue weighted by atomic mass is 9.62. The number of hydrogen-bond donors (Lipinski definition) is 2. The average Bonchev–Trinajstić information content (AvgIpc) is 3.07. The van der Waals surface area contributed by atoms with E-state index in [4.69, 9.17) is 20.9 Å². The van der Waals surface area contributed by atoms with Gasteiger partial charge in [-0.3, -0.25) is 0 Å². The second-order valence-electron chi connectivity index (χ2n) is 14.9. The van der Waals surface area contributed by atoms with Crippen LogP contribution in [0.1, 0.15) is 130 Å². The third-order valence-electron chi connectivity index (χ3n) is 10.9. The molecule has 1 saturated carbocycles. The van der Waals surface area contributed by atoms with E-state index in [0.29, 0.717) is 11.4 Å². The summed E-state index contributed by atoms with van der Waals surface area (Å²) in [6.07, 6.45) is 18.7. The van der Waals surface area contributed by atoms with E-state index in [-0.39, 0.29) is 5.41 Å². The Morgan fingerprint density at radius 1 is 0.571 bits per heavy atom. The van der Waals surface area contributed by atoms with Crippen LogP contribution < -0.4 is 20.9 Å². The second-order valence-corrected chi connectivity index (χ2v) is 14.9. The predicted molar refractivity (Wildman–Crippen MR) is 208 cm³/mol. The molecule has 4 N–H and O–H groups in total. The van der Waals surface area contributed by atoms with Crippen molar-refractivity contribution in [1.29, 1.82) is 0 Å². The third kappa shape index (κ3) is 9.41. The number of benzene rings is 4. The molecule has 262 valence electrons. The first kappa shape index (κ1) is 36.4. The van der Waals surface area contributed by atoms with E-state index in [1.54, 1.807) is 0 Å². The van der Waals surface area contributed by atoms with Gasteiger partial charge in [-0.15, -0.1) is 0 Å². The number of ether oxygens (including phenoxy) is 2. The van der Waals surface area contributed by atoms with Crippen LogP contribution in [0.2, 0.25) is 0 Å². The summed E-state index contributed by atoms with van der Waals surface area (Å²) in [6, 6.07) is 24.9. The predicted octanol–water partition coefficient (Wildman–Crippen LogP) is 13.1. The highest BCUT2D eigenvalue weighted by Gasteiger charge is 2.39. The summed E-state index contributed by atoms with van der Waals surface area (Å²) in [6.45, 7) is 11.0. The lowest BCUT2D eigenvalue weighted by Gasteiger charge is -2.42. The van der Waals surface area contributed by atoms with E-state index in [2.05, 4.69) is 58.9 Å². The molecule has 0 spiro atoms. The minimum Gasteiger partial charge on any atom is -0.457 e. The van der Waals surface area contributed by atoms with E-state index < -0.39 is 0 Å². The van der Waals surface area contributed by atoms with Crippen LogP contribution in [0.4, 0.5) is 11.4 Å². The maximum absolute atomic E-state index is 6.43. The summed E-state index contributed by atoms with van der Waals surface area (Å²) < 4.78 is 12.9. The summed E-state index contributed by atoms with van der Waals surface area (Å²) >= 11 is 0. The first-order chi connectivity index (χ1) is 23.7. The van der Waals surface area contributed by atoms with Gasteiger partial charge in [-0.2, -0.15) is 0 Å². The highest BCUT2D eigenvalue weighted by molar-refractivity contribution is 5.55. The van der Waals surface area contributed by atoms with Crippen LogP contribution in [0.5, 0.6) is 23.0 Å². The highest BCUT2D eigenvalue weighted by atomic mass is 16.5. The van der Waals surface area contributed by atoms with Crippen LogP contribution >= 0.6 is 0 Å². The Morgan fingerprint density at radius 2 is 0.980 bits per heavy atom. The highest BCUT2D eigenvalue weighted by Crippen LogP contribution is 2.50. The number of aryl methyl sites for hydroxylation is 4. The zero-order valence-corrected chi connectivity index (χ0v) is 30.9. The molecular weight excluding hydrogens is 601 g/mol. The van der Waals surface area contributed by atoms with Gasteiger partial charge < -0.3 is 20.9 Å². The van der Waals surface area contributed by atoms with Crippen LogP contribution in [0.3, 0.4) is 0 Å². The first-order valence-corrected chi connectivity index (χ1v) is 19.0. The van der Waals surface area contributed by atoms with Crippen molar-refractivity contribution in [1.82, 2.24) is 0 Å². The molecule has 0 aromatic heterocycles. The maximum Gasteiger partial charge on any atom is 0.133 e. The average molecular weight is 661 g/mol. The molecule has 0 atom stereocenters. The molecule has 4 heteroatoms. The Morgan fingerprint density at radius 3 is 1.39 bits per heavy atom. The summed E-state index contributed by atoms with van der Waals surface area (Å²) in [5.41, 5.74) is 20.9. The molecule has 0 heterocycles. The summed E-state index contributed by atoms with van der Waals surface area (Å²) in [5.74, 6) is 4.18. The summed E-state index contributed by atoms with van der Waals surface area (Å²) in [5, 5.41) is 0. The number of hydrogen-bond acceptors (Lipinski definition) is 4. The Labute approximate surface area is 296 Å². The number of nitrogen functional groups attached to an aromatic ring is 2. The fourth-order valence-corrected chi connectivity index (χ4v) is 8.11. The monoisotopic (exact) mass is 660 g/mol. The van der Waals surface area contributed by atoms with Gasteiger partial charge in [-0.25, -0.2) is 0 Å². The molecular formula is C45H60N2O2. The quantitative estimate of drug-likeness (QED) is 0.0927. The first-order valence-electron chi connectivity index (χ1n) is 19.0. The lowest BCUT2D eigenvalue weighted by molar-refractivity contribution is 0.249. The van der Waals surface area contributed by atoms with Crippen LogP contribution in [-0.4, -0.2) is 0 Å². The van der Waals surface area contributed by atoms with Crippen LogP contribution in [-0.2, 0) is 5.41 Å². The van der Waals surface area contributed by atoms with E-state index in [1.807, 2.05) is 48.5 Å². The van der Waals surface area contributed by atoms with Crippen molar-refractivity contribution in [3.8, 4) is 23.0 Å². The number of rotatable bonds is 16. The minimum atomic E-state index is -0.0640. The number of nitrogens with two attached hydrogens (primary N) is 2. The zero-order valence-electron chi connectivity index (χ0n) is 30.9. The third-order valence-corrected chi connectivity index (χ3v) is 10.9. The van der Waals surface area contributed by atoms with Gasteiger partial charge in [0.25, 0.3) is 0 Å². The van der Waals surface area contributed by atoms with Gasteiger partial charge >= 0.3 is 0 Å². The Hall–Kier alpha value is -3.92. The van der Waals surface area contributed by atoms with Crippen molar-refractivity contribution in [2.24, 2.45) is 5.92 Å². The SMILES string of the molecule is CCCCCCCCCCCC1CCC(c2cc(C)c(Oc3cccc(N)c3)c(C)c2)(c2cc(C)c(Oc3cccc(N)c3)c(C)c2)CC1. The van der Waals surface area contributed by atoms with E-state index in [0.717, 1.165) is 64.0 Å². The van der Waals surface area contributed by atoms with Crippen LogP contribution in [0.25, 0.3) is 0 Å². The molecule has 0 radical (unpaired) electrons. The molecule has 5 rings (SSSR count). The maximum atomic E-state index is 6.43. The van der Waals surface area contributed by atoms with E-state index in [9.17, 15) is 0 Å². The fraction of sp³-hybridized carbons (Fsp3) is 0.467. The standard InChI is InChI=1S/C45H60N2O2/c1-6-7-8-9-10-11-12-13-14-17-36-22-24-45(25-23-36,37-26-32(2)43(33(3)27-37)48-41-20-15-18-39(46)30-41)38-28-34(4)44(35(5)29-38)49-42-21-16-19-40(47)31-42/h15-16,18-21,26-31,36H,6-14,17,22-25,46-47H2,1-5H3. The van der Waals surface area contributed by atoms with Crippen molar-refractivity contribution in [3.05, 3.63) is 106 Å². The fourth-order valence-electron chi connectivity index (χ4n) is 8.11. The molecule has 0 saturated heterocycles. The molecule has 0 aliphatic heterocycles. The molecule has 4 aromatic carbocycles. The topological polar surface area (TPSA) is 70.5 Å². The second kappa shape index (κ2) is 17.1. The van der Waals surface area contributed by atoms with Gasteiger partial charge in [0.1, 0.15) is 23.0 Å². The van der Waals surface area contributed by atoms with Crippen molar-refractivity contribution in [3.63, 3.8) is 0 Å². The van der Waals surface area contributed by atoms with Gasteiger partial charge in [0.15, 0.2) is 0 Å². The van der Waals surface area contributed by atoms with Gasteiger partial charge in [0.05, 0.1) is 0 Å². The van der Waals surface area contributed by atoms with Gasteiger partial charge in [0.2, 0.25) is 0 Å². The van der Waals surface area contributed by atoms with E-state index >= 15 is 0 Å². The number of unbranched alkanes of at least 4 members (excludes halogenated alkanes) is 8. The van der Waals surface area contributed by atoms with Crippen LogP contribution in [0, 0.1) is 33.6 Å². The van der Waals surface area contributed by atoms with Crippen molar-refractivity contribution in [2.45, 2.75) is 130 Å². The van der Waals surface area contributed by atoms with Gasteiger partial charge in [-0.1, -0.05) is 108 Å². The summed E-state index contributed by atoms with van der Waals surface area (Å²) in [7, 11) is 0. The van der Waals surface area contributed by atoms with Crippen molar-refractivity contribution >= 4 is 11.4 Å². The molecule has 1 fully saturated rings. The molecule has 1 aliphatic carbocycles. The minimum absolute atomic E-state index is 0.0640. The normalized spacial score (nSPS) is 14.6. The van der Waals surface area contributed by atoms with Crippen molar-refractivity contribution < 1.29 is 9.47 Å². The van der Waals surface area contributed by atoms with E-state index in [1.165, 1.54) is 88.2 Å². The van der Waals surface area contributed by atoms with Crippen molar-refractivity contribution in [2.75, 3.05) is 11.5 Å². The largest absolute Gasteiger partial charge is 0.457 e. The molecule has 0 amide bonds. The van der Waals surface area contributed by atoms with Gasteiger partial charge in [-0.05, 0) is 117 Å². The Balaban J connectivity index is 1.37.